The Balaban J connectivity index is 1.62. The second-order valence-corrected chi connectivity index (χ2v) is 8.71. The van der Waals surface area contributed by atoms with Crippen LogP contribution in [-0.2, 0) is 9.53 Å². The van der Waals surface area contributed by atoms with Crippen LogP contribution in [0.5, 0.6) is 5.75 Å². The number of fused-ring (bicyclic) bond motifs is 1. The Morgan fingerprint density at radius 3 is 2.59 bits per heavy atom. The average molecular weight is 509 g/mol. The first-order valence-corrected chi connectivity index (χ1v) is 12.0. The molecule has 4 aromatic rings. The van der Waals surface area contributed by atoms with E-state index in [2.05, 4.69) is 10.1 Å². The molecule has 2 aromatic heterocycles. The van der Waals surface area contributed by atoms with Gasteiger partial charge in [0.25, 0.3) is 0 Å². The van der Waals surface area contributed by atoms with Gasteiger partial charge in [-0.2, -0.15) is 4.98 Å². The Morgan fingerprint density at radius 1 is 1.14 bits per heavy atom. The standard InChI is InChI=1S/C26H26F2N6O3/c1-3-37-25(35)15-9-11-33(12-10-15)26-30-22(19-8-7-18(36-2)14-20(19)28)21-23(29)34(32-24(21)31-26)17-6-4-5-16(27)13-17/h4-8,13-15H,3,9-12,29H2,1-2H3. The summed E-state index contributed by atoms with van der Waals surface area (Å²) in [5.74, 6) is -0.556. The highest BCUT2D eigenvalue weighted by Gasteiger charge is 2.29. The third-order valence-electron chi connectivity index (χ3n) is 6.44. The Kier molecular flexibility index (Phi) is 6.60. The summed E-state index contributed by atoms with van der Waals surface area (Å²) in [5, 5.41) is 4.87. The third-order valence-corrected chi connectivity index (χ3v) is 6.44. The number of piperidine rings is 1. The molecule has 0 spiro atoms. The largest absolute Gasteiger partial charge is 0.497 e. The number of anilines is 2. The maximum atomic E-state index is 15.2. The monoisotopic (exact) mass is 508 g/mol. The zero-order chi connectivity index (χ0) is 26.1. The number of ether oxygens (including phenoxy) is 2. The van der Waals surface area contributed by atoms with E-state index in [1.165, 1.54) is 30.0 Å². The van der Waals surface area contributed by atoms with Crippen LogP contribution in [0.3, 0.4) is 0 Å². The van der Waals surface area contributed by atoms with Gasteiger partial charge >= 0.3 is 5.97 Å². The van der Waals surface area contributed by atoms with Gasteiger partial charge in [0.1, 0.15) is 23.2 Å². The minimum Gasteiger partial charge on any atom is -0.497 e. The van der Waals surface area contributed by atoms with Crippen molar-refractivity contribution in [2.45, 2.75) is 19.8 Å². The molecule has 0 aliphatic carbocycles. The predicted octanol–water partition coefficient (Wildman–Crippen LogP) is 4.13. The summed E-state index contributed by atoms with van der Waals surface area (Å²) >= 11 is 0. The van der Waals surface area contributed by atoms with Crippen LogP contribution in [0.1, 0.15) is 19.8 Å². The Morgan fingerprint density at radius 2 is 1.92 bits per heavy atom. The highest BCUT2D eigenvalue weighted by Crippen LogP contribution is 2.36. The summed E-state index contributed by atoms with van der Waals surface area (Å²) < 4.78 is 40.8. The lowest BCUT2D eigenvalue weighted by Gasteiger charge is -2.31. The molecule has 2 aromatic carbocycles. The number of carbonyl (C=O) groups is 1. The predicted molar refractivity (Wildman–Crippen MR) is 135 cm³/mol. The molecule has 1 aliphatic heterocycles. The molecule has 0 radical (unpaired) electrons. The molecule has 192 valence electrons. The molecule has 0 amide bonds. The lowest BCUT2D eigenvalue weighted by molar-refractivity contribution is -0.148. The van der Waals surface area contributed by atoms with Gasteiger partial charge in [-0.05, 0) is 50.1 Å². The molecule has 37 heavy (non-hydrogen) atoms. The summed E-state index contributed by atoms with van der Waals surface area (Å²) in [6.07, 6.45) is 1.15. The van der Waals surface area contributed by atoms with E-state index in [-0.39, 0.29) is 34.6 Å². The number of nitrogens with zero attached hydrogens (tertiary/aromatic N) is 5. The van der Waals surface area contributed by atoms with E-state index < -0.39 is 11.6 Å². The molecule has 5 rings (SSSR count). The number of rotatable bonds is 6. The second-order valence-electron chi connectivity index (χ2n) is 8.71. The van der Waals surface area contributed by atoms with Gasteiger partial charge in [-0.3, -0.25) is 4.79 Å². The van der Waals surface area contributed by atoms with Crippen molar-refractivity contribution in [1.82, 2.24) is 19.7 Å². The minimum atomic E-state index is -0.552. The van der Waals surface area contributed by atoms with Crippen LogP contribution < -0.4 is 15.4 Å². The molecular formula is C26H26F2N6O3. The van der Waals surface area contributed by atoms with E-state index in [0.717, 1.165) is 0 Å². The van der Waals surface area contributed by atoms with E-state index in [9.17, 15) is 9.18 Å². The zero-order valence-electron chi connectivity index (χ0n) is 20.4. The van der Waals surface area contributed by atoms with Gasteiger partial charge < -0.3 is 20.1 Å². The van der Waals surface area contributed by atoms with Crippen molar-refractivity contribution in [2.24, 2.45) is 5.92 Å². The van der Waals surface area contributed by atoms with Gasteiger partial charge in [0.05, 0.1) is 36.4 Å². The van der Waals surface area contributed by atoms with Crippen molar-refractivity contribution in [3.8, 4) is 22.7 Å². The molecule has 0 bridgehead atoms. The molecular weight excluding hydrogens is 482 g/mol. The first-order chi connectivity index (χ1) is 17.9. The lowest BCUT2D eigenvalue weighted by Crippen LogP contribution is -2.38. The van der Waals surface area contributed by atoms with E-state index in [4.69, 9.17) is 20.2 Å². The van der Waals surface area contributed by atoms with Crippen LogP contribution in [0.15, 0.2) is 42.5 Å². The van der Waals surface area contributed by atoms with Crippen LogP contribution in [-0.4, -0.2) is 52.5 Å². The van der Waals surface area contributed by atoms with Crippen molar-refractivity contribution < 1.29 is 23.0 Å². The molecule has 1 fully saturated rings. The van der Waals surface area contributed by atoms with E-state index >= 15 is 4.39 Å². The number of aromatic nitrogens is 4. The van der Waals surface area contributed by atoms with Crippen LogP contribution in [0.2, 0.25) is 0 Å². The second kappa shape index (κ2) is 10.00. The minimum absolute atomic E-state index is 0.151. The fraction of sp³-hybridized carbons (Fsp3) is 0.308. The highest BCUT2D eigenvalue weighted by molar-refractivity contribution is 5.99. The SMILES string of the molecule is CCOC(=O)C1CCN(c2nc(-c3ccc(OC)cc3F)c3c(N)n(-c4cccc(F)c4)nc3n2)CC1. The number of esters is 1. The number of halogens is 2. The molecule has 2 N–H and O–H groups in total. The van der Waals surface area contributed by atoms with Crippen molar-refractivity contribution in [1.29, 1.82) is 0 Å². The highest BCUT2D eigenvalue weighted by atomic mass is 19.1. The first kappa shape index (κ1) is 24.4. The Hall–Kier alpha value is -4.28. The summed E-state index contributed by atoms with van der Waals surface area (Å²) in [6, 6.07) is 10.3. The molecule has 0 saturated carbocycles. The quantitative estimate of drug-likeness (QED) is 0.388. The summed E-state index contributed by atoms with van der Waals surface area (Å²) in [5.41, 5.74) is 7.55. The van der Waals surface area contributed by atoms with Crippen LogP contribution in [0, 0.1) is 17.6 Å². The molecule has 3 heterocycles. The number of carbonyl (C=O) groups excluding carboxylic acids is 1. The average Bonchev–Trinajstić information content (AvgIpc) is 3.24. The van der Waals surface area contributed by atoms with Crippen molar-refractivity contribution in [3.63, 3.8) is 0 Å². The maximum absolute atomic E-state index is 15.2. The normalized spacial score (nSPS) is 14.2. The number of nitrogens with two attached hydrogens (primary N) is 1. The Bertz CT molecular complexity index is 1470. The van der Waals surface area contributed by atoms with Crippen molar-refractivity contribution in [3.05, 3.63) is 54.1 Å². The van der Waals surface area contributed by atoms with Gasteiger partial charge in [0.2, 0.25) is 5.95 Å². The number of nitrogen functional groups attached to an aromatic ring is 1. The van der Waals surface area contributed by atoms with Gasteiger partial charge in [0, 0.05) is 24.7 Å². The first-order valence-electron chi connectivity index (χ1n) is 12.0. The van der Waals surface area contributed by atoms with Gasteiger partial charge in [-0.15, -0.1) is 5.10 Å². The number of benzene rings is 2. The van der Waals surface area contributed by atoms with E-state index in [0.29, 0.717) is 55.3 Å². The smallest absolute Gasteiger partial charge is 0.309 e. The molecule has 0 unspecified atom stereocenters. The number of hydrogen-bond donors (Lipinski definition) is 1. The molecule has 0 atom stereocenters. The fourth-order valence-electron chi connectivity index (χ4n) is 4.53. The van der Waals surface area contributed by atoms with Crippen LogP contribution in [0.4, 0.5) is 20.5 Å². The maximum Gasteiger partial charge on any atom is 0.309 e. The molecule has 11 heteroatoms. The molecule has 9 nitrogen and oxygen atoms in total. The van der Waals surface area contributed by atoms with Gasteiger partial charge in [-0.1, -0.05) is 6.07 Å². The van der Waals surface area contributed by atoms with Crippen LogP contribution >= 0.6 is 0 Å². The van der Waals surface area contributed by atoms with Gasteiger partial charge in [0.15, 0.2) is 5.65 Å². The summed E-state index contributed by atoms with van der Waals surface area (Å²) in [7, 11) is 1.45. The summed E-state index contributed by atoms with van der Waals surface area (Å²) in [4.78, 5) is 23.4. The third kappa shape index (κ3) is 4.64. The van der Waals surface area contributed by atoms with E-state index in [1.54, 1.807) is 31.2 Å². The molecule has 1 saturated heterocycles. The van der Waals surface area contributed by atoms with Crippen molar-refractivity contribution >= 4 is 28.8 Å². The summed E-state index contributed by atoms with van der Waals surface area (Å²) in [6.45, 7) is 3.15. The fourth-order valence-corrected chi connectivity index (χ4v) is 4.53. The van der Waals surface area contributed by atoms with Crippen molar-refractivity contribution in [2.75, 3.05) is 37.4 Å². The topological polar surface area (TPSA) is 108 Å². The van der Waals surface area contributed by atoms with Gasteiger partial charge in [-0.25, -0.2) is 18.4 Å². The lowest BCUT2D eigenvalue weighted by atomic mass is 9.97. The van der Waals surface area contributed by atoms with E-state index in [1.807, 2.05) is 4.90 Å². The van der Waals surface area contributed by atoms with Crippen LogP contribution in [0.25, 0.3) is 28.0 Å². The number of hydrogen-bond acceptors (Lipinski definition) is 8. The zero-order valence-corrected chi connectivity index (χ0v) is 20.4. The Labute approximate surface area is 211 Å². The number of methoxy groups -OCH3 is 1. The molecule has 1 aliphatic rings.